The van der Waals surface area contributed by atoms with Gasteiger partial charge in [0.25, 0.3) is 5.88 Å². The van der Waals surface area contributed by atoms with Gasteiger partial charge in [0.05, 0.1) is 24.8 Å². The van der Waals surface area contributed by atoms with E-state index in [-0.39, 0.29) is 11.9 Å². The zero-order chi connectivity index (χ0) is 18.7. The lowest BCUT2D eigenvalue weighted by atomic mass is 10.1. The van der Waals surface area contributed by atoms with Crippen molar-refractivity contribution < 1.29 is 14.1 Å². The Bertz CT molecular complexity index is 756. The average Bonchev–Trinajstić information content (AvgIpc) is 3.24. The van der Waals surface area contributed by atoms with E-state index in [0.717, 1.165) is 30.0 Å². The Balaban J connectivity index is 1.66. The Morgan fingerprint density at radius 1 is 1.38 bits per heavy atom. The molecule has 1 saturated heterocycles. The Labute approximate surface area is 153 Å². The first kappa shape index (κ1) is 18.2. The van der Waals surface area contributed by atoms with E-state index < -0.39 is 0 Å². The molecule has 3 heterocycles. The summed E-state index contributed by atoms with van der Waals surface area (Å²) in [6.07, 6.45) is 4.48. The molecule has 1 aliphatic heterocycles. The lowest BCUT2D eigenvalue weighted by Gasteiger charge is -2.25. The minimum absolute atomic E-state index is 0.0652. The molecule has 0 aliphatic carbocycles. The molecule has 0 spiro atoms. The van der Waals surface area contributed by atoms with Gasteiger partial charge in [-0.25, -0.2) is 9.97 Å². The zero-order valence-corrected chi connectivity index (χ0v) is 15.7. The van der Waals surface area contributed by atoms with Crippen molar-refractivity contribution >= 4 is 11.7 Å². The van der Waals surface area contributed by atoms with E-state index in [9.17, 15) is 4.79 Å². The van der Waals surface area contributed by atoms with Crippen molar-refractivity contribution in [2.45, 2.75) is 39.7 Å². The maximum Gasteiger partial charge on any atom is 0.257 e. The molecule has 0 bridgehead atoms. The molecule has 1 fully saturated rings. The predicted octanol–water partition coefficient (Wildman–Crippen LogP) is 1.76. The first-order valence-corrected chi connectivity index (χ1v) is 8.87. The maximum atomic E-state index is 12.7. The Kier molecular flexibility index (Phi) is 5.39. The van der Waals surface area contributed by atoms with Crippen LogP contribution in [0.25, 0.3) is 0 Å². The van der Waals surface area contributed by atoms with Crippen molar-refractivity contribution in [1.82, 2.24) is 20.0 Å². The van der Waals surface area contributed by atoms with Crippen LogP contribution in [0, 0.1) is 13.8 Å². The average molecular weight is 359 g/mol. The second-order valence-electron chi connectivity index (χ2n) is 6.49. The highest BCUT2D eigenvalue weighted by Gasteiger charge is 2.31. The number of likely N-dealkylation sites (N-methyl/N-ethyl adjacent to an activating group) is 1. The predicted molar refractivity (Wildman–Crippen MR) is 96.3 cm³/mol. The SMILES string of the molecule is CCOc1nccnc1N1CC[C@@H](N(C)C(=O)Cc2c(C)noc2C)C1. The molecule has 140 valence electrons. The monoisotopic (exact) mass is 359 g/mol. The summed E-state index contributed by atoms with van der Waals surface area (Å²) in [5, 5.41) is 3.92. The van der Waals surface area contributed by atoms with Gasteiger partial charge in [0.15, 0.2) is 5.82 Å². The number of rotatable bonds is 6. The summed E-state index contributed by atoms with van der Waals surface area (Å²) in [5.41, 5.74) is 1.66. The number of nitrogens with zero attached hydrogens (tertiary/aromatic N) is 5. The molecule has 0 unspecified atom stereocenters. The molecule has 2 aromatic heterocycles. The number of aryl methyl sites for hydroxylation is 2. The molecule has 1 amide bonds. The third-order valence-corrected chi connectivity index (χ3v) is 4.84. The van der Waals surface area contributed by atoms with Crippen LogP contribution < -0.4 is 9.64 Å². The van der Waals surface area contributed by atoms with Crippen molar-refractivity contribution in [1.29, 1.82) is 0 Å². The van der Waals surface area contributed by atoms with Crippen LogP contribution >= 0.6 is 0 Å². The summed E-state index contributed by atoms with van der Waals surface area (Å²) in [6, 6.07) is 0.124. The van der Waals surface area contributed by atoms with Crippen molar-refractivity contribution in [3.8, 4) is 5.88 Å². The standard InChI is InChI=1S/C18H25N5O3/c1-5-25-18-17(19-7-8-20-18)23-9-6-14(11-23)22(4)16(24)10-15-12(2)21-26-13(15)3/h7-8,14H,5-6,9-11H2,1-4H3/t14-/m1/s1. The topological polar surface area (TPSA) is 84.6 Å². The molecule has 8 nitrogen and oxygen atoms in total. The number of amides is 1. The van der Waals surface area contributed by atoms with Crippen molar-refractivity contribution in [2.75, 3.05) is 31.6 Å². The van der Waals surface area contributed by atoms with Gasteiger partial charge in [-0.15, -0.1) is 0 Å². The van der Waals surface area contributed by atoms with E-state index in [1.807, 2.05) is 32.7 Å². The molecule has 2 aromatic rings. The molecule has 0 radical (unpaired) electrons. The molecule has 1 atom stereocenters. The third kappa shape index (κ3) is 3.63. The molecule has 0 saturated carbocycles. The van der Waals surface area contributed by atoms with Gasteiger partial charge in [0.1, 0.15) is 5.76 Å². The lowest BCUT2D eigenvalue weighted by Crippen LogP contribution is -2.40. The number of carbonyl (C=O) groups is 1. The lowest BCUT2D eigenvalue weighted by molar-refractivity contribution is -0.130. The highest BCUT2D eigenvalue weighted by molar-refractivity contribution is 5.79. The normalized spacial score (nSPS) is 16.8. The van der Waals surface area contributed by atoms with Gasteiger partial charge in [-0.2, -0.15) is 0 Å². The van der Waals surface area contributed by atoms with E-state index >= 15 is 0 Å². The maximum absolute atomic E-state index is 12.7. The first-order chi connectivity index (χ1) is 12.5. The van der Waals surface area contributed by atoms with Gasteiger partial charge in [-0.05, 0) is 27.2 Å². The second-order valence-corrected chi connectivity index (χ2v) is 6.49. The number of anilines is 1. The fourth-order valence-electron chi connectivity index (χ4n) is 3.26. The van der Waals surface area contributed by atoms with Crippen molar-refractivity contribution in [2.24, 2.45) is 0 Å². The third-order valence-electron chi connectivity index (χ3n) is 4.84. The molecule has 1 aliphatic rings. The number of aromatic nitrogens is 3. The van der Waals surface area contributed by atoms with Crippen molar-refractivity contribution in [3.63, 3.8) is 0 Å². The van der Waals surface area contributed by atoms with Crippen LogP contribution in [0.5, 0.6) is 5.88 Å². The zero-order valence-electron chi connectivity index (χ0n) is 15.7. The Morgan fingerprint density at radius 2 is 2.15 bits per heavy atom. The quantitative estimate of drug-likeness (QED) is 0.777. The van der Waals surface area contributed by atoms with Gasteiger partial charge in [0, 0.05) is 38.1 Å². The summed E-state index contributed by atoms with van der Waals surface area (Å²) in [7, 11) is 1.86. The van der Waals surface area contributed by atoms with E-state index in [4.69, 9.17) is 9.26 Å². The van der Waals surface area contributed by atoms with Crippen LogP contribution in [-0.2, 0) is 11.2 Å². The molecule has 0 aromatic carbocycles. The van der Waals surface area contributed by atoms with E-state index in [1.165, 1.54) is 0 Å². The summed E-state index contributed by atoms with van der Waals surface area (Å²) in [4.78, 5) is 25.3. The van der Waals surface area contributed by atoms with Crippen LogP contribution in [0.15, 0.2) is 16.9 Å². The van der Waals surface area contributed by atoms with Crippen LogP contribution in [-0.4, -0.2) is 58.7 Å². The van der Waals surface area contributed by atoms with Crippen LogP contribution in [0.3, 0.4) is 0 Å². The van der Waals surface area contributed by atoms with Gasteiger partial charge < -0.3 is 19.1 Å². The summed E-state index contributed by atoms with van der Waals surface area (Å²) >= 11 is 0. The largest absolute Gasteiger partial charge is 0.475 e. The molecule has 26 heavy (non-hydrogen) atoms. The van der Waals surface area contributed by atoms with Crippen LogP contribution in [0.1, 0.15) is 30.4 Å². The number of hydrogen-bond acceptors (Lipinski definition) is 7. The van der Waals surface area contributed by atoms with Gasteiger partial charge >= 0.3 is 0 Å². The fraction of sp³-hybridized carbons (Fsp3) is 0.556. The highest BCUT2D eigenvalue weighted by atomic mass is 16.5. The summed E-state index contributed by atoms with van der Waals surface area (Å²) in [6.45, 7) is 7.68. The fourth-order valence-corrected chi connectivity index (χ4v) is 3.26. The van der Waals surface area contributed by atoms with E-state index in [2.05, 4.69) is 20.0 Å². The van der Waals surface area contributed by atoms with Gasteiger partial charge in [-0.1, -0.05) is 5.16 Å². The van der Waals surface area contributed by atoms with Crippen LogP contribution in [0.4, 0.5) is 5.82 Å². The number of carbonyl (C=O) groups excluding carboxylic acids is 1. The first-order valence-electron chi connectivity index (χ1n) is 8.87. The highest BCUT2D eigenvalue weighted by Crippen LogP contribution is 2.28. The van der Waals surface area contributed by atoms with Crippen molar-refractivity contribution in [3.05, 3.63) is 29.4 Å². The van der Waals surface area contributed by atoms with Crippen LogP contribution in [0.2, 0.25) is 0 Å². The minimum atomic E-state index is 0.0652. The molecular weight excluding hydrogens is 334 g/mol. The second kappa shape index (κ2) is 7.72. The molecule has 8 heteroatoms. The summed E-state index contributed by atoms with van der Waals surface area (Å²) in [5.74, 6) is 2.05. The Hall–Kier alpha value is -2.64. The minimum Gasteiger partial charge on any atom is -0.475 e. The van der Waals surface area contributed by atoms with E-state index in [0.29, 0.717) is 31.2 Å². The number of hydrogen-bond donors (Lipinski definition) is 0. The van der Waals surface area contributed by atoms with Gasteiger partial charge in [-0.3, -0.25) is 4.79 Å². The number of ether oxygens (including phenoxy) is 1. The summed E-state index contributed by atoms with van der Waals surface area (Å²) < 4.78 is 10.7. The van der Waals surface area contributed by atoms with Gasteiger partial charge in [0.2, 0.25) is 5.91 Å². The molecule has 3 rings (SSSR count). The van der Waals surface area contributed by atoms with E-state index in [1.54, 1.807) is 12.4 Å². The molecule has 0 N–H and O–H groups in total. The smallest absolute Gasteiger partial charge is 0.257 e. The molecular formula is C18H25N5O3. The Morgan fingerprint density at radius 3 is 2.85 bits per heavy atom.